The number of carboxylic acid groups (broad SMARTS) is 1. The van der Waals surface area contributed by atoms with E-state index in [1.807, 2.05) is 92.7 Å². The third-order valence-electron chi connectivity index (χ3n) is 6.82. The number of carboxylic acids is 1. The number of hydrogen-bond donors (Lipinski definition) is 3. The van der Waals surface area contributed by atoms with Crippen LogP contribution in [0.5, 0.6) is 0 Å². The van der Waals surface area contributed by atoms with Crippen LogP contribution in [-0.2, 0) is 14.9 Å². The molecule has 0 aliphatic heterocycles. The summed E-state index contributed by atoms with van der Waals surface area (Å²) in [5, 5.41) is 19.7. The molecule has 1 fully saturated rings. The van der Waals surface area contributed by atoms with Crippen molar-refractivity contribution >= 4 is 17.7 Å². The Morgan fingerprint density at radius 2 is 1.53 bits per heavy atom. The zero-order valence-electron chi connectivity index (χ0n) is 20.1. The molecule has 1 aromatic heterocycles. The summed E-state index contributed by atoms with van der Waals surface area (Å²) in [6, 6.07) is 25.2. The number of benzene rings is 3. The molecular formula is C29H27N3O4. The molecule has 0 bridgehead atoms. The minimum absolute atomic E-state index is 0.391. The van der Waals surface area contributed by atoms with Crippen LogP contribution in [0.3, 0.4) is 0 Å². The van der Waals surface area contributed by atoms with Gasteiger partial charge >= 0.3 is 12.1 Å². The lowest BCUT2D eigenvalue weighted by Gasteiger charge is -2.14. The molecule has 5 rings (SSSR count). The summed E-state index contributed by atoms with van der Waals surface area (Å²) in [5.74, 6) is -0.753. The molecule has 0 saturated heterocycles. The van der Waals surface area contributed by atoms with Gasteiger partial charge in [0.1, 0.15) is 11.8 Å². The predicted octanol–water partition coefficient (Wildman–Crippen LogP) is 6.48. The number of aliphatic carboxylic acids is 1. The second-order valence-electron chi connectivity index (χ2n) is 9.20. The number of aryl methyl sites for hydroxylation is 1. The van der Waals surface area contributed by atoms with Crippen LogP contribution in [0, 0.1) is 6.92 Å². The number of ether oxygens (including phenoxy) is 1. The van der Waals surface area contributed by atoms with E-state index < -0.39 is 23.6 Å². The molecule has 1 unspecified atom stereocenters. The van der Waals surface area contributed by atoms with Gasteiger partial charge in [-0.3, -0.25) is 15.2 Å². The highest BCUT2D eigenvalue weighted by Gasteiger charge is 2.51. The summed E-state index contributed by atoms with van der Waals surface area (Å²) >= 11 is 0. The van der Waals surface area contributed by atoms with Gasteiger partial charge in [-0.15, -0.1) is 0 Å². The standard InChI is InChI=1S/C29H27N3O4/c1-18-25(30-28(35)36-19(2)20-6-4-3-5-7-20)26(32-31-18)23-10-8-21(9-11-23)22-12-14-24(15-13-22)29(16-17-29)27(33)34/h3-15,19H,16-17H2,1-2H3,(H,30,35)(H,31,32)(H,33,34). The Kier molecular flexibility index (Phi) is 6.06. The van der Waals surface area contributed by atoms with E-state index in [0.717, 1.165) is 33.5 Å². The largest absolute Gasteiger partial charge is 0.481 e. The Labute approximate surface area is 209 Å². The van der Waals surface area contributed by atoms with Crippen molar-refractivity contribution in [2.24, 2.45) is 0 Å². The summed E-state index contributed by atoms with van der Waals surface area (Å²) < 4.78 is 5.56. The third-order valence-corrected chi connectivity index (χ3v) is 6.82. The quantitative estimate of drug-likeness (QED) is 0.280. The van der Waals surface area contributed by atoms with Crippen molar-refractivity contribution < 1.29 is 19.4 Å². The number of nitrogens with zero attached hydrogens (tertiary/aromatic N) is 1. The first kappa shape index (κ1) is 23.4. The zero-order chi connectivity index (χ0) is 25.3. The lowest BCUT2D eigenvalue weighted by molar-refractivity contribution is -0.140. The molecule has 1 amide bonds. The monoisotopic (exact) mass is 481 g/mol. The van der Waals surface area contributed by atoms with Gasteiger partial charge in [-0.25, -0.2) is 4.79 Å². The highest BCUT2D eigenvalue weighted by molar-refractivity contribution is 5.91. The van der Waals surface area contributed by atoms with Crippen LogP contribution in [0.25, 0.3) is 22.4 Å². The lowest BCUT2D eigenvalue weighted by Crippen LogP contribution is -2.19. The number of aromatic nitrogens is 2. The fourth-order valence-corrected chi connectivity index (χ4v) is 4.43. The van der Waals surface area contributed by atoms with Gasteiger partial charge in [0, 0.05) is 5.56 Å². The molecule has 1 atom stereocenters. The van der Waals surface area contributed by atoms with Crippen LogP contribution in [0.2, 0.25) is 0 Å². The van der Waals surface area contributed by atoms with E-state index in [1.165, 1.54) is 0 Å². The van der Waals surface area contributed by atoms with Gasteiger partial charge in [-0.05, 0) is 48.9 Å². The van der Waals surface area contributed by atoms with Crippen LogP contribution >= 0.6 is 0 Å². The first-order chi connectivity index (χ1) is 17.4. The van der Waals surface area contributed by atoms with Gasteiger partial charge < -0.3 is 9.84 Å². The van der Waals surface area contributed by atoms with Crippen LogP contribution in [0.15, 0.2) is 78.9 Å². The van der Waals surface area contributed by atoms with Crippen LogP contribution in [0.1, 0.15) is 42.7 Å². The molecule has 3 N–H and O–H groups in total. The van der Waals surface area contributed by atoms with Crippen molar-refractivity contribution in [2.75, 3.05) is 5.32 Å². The maximum absolute atomic E-state index is 12.6. The van der Waals surface area contributed by atoms with Gasteiger partial charge in [0.05, 0.1) is 16.8 Å². The average Bonchev–Trinajstić information content (AvgIpc) is 3.64. The van der Waals surface area contributed by atoms with E-state index in [9.17, 15) is 14.7 Å². The predicted molar refractivity (Wildman–Crippen MR) is 138 cm³/mol. The molecule has 7 nitrogen and oxygen atoms in total. The van der Waals surface area contributed by atoms with Crippen molar-refractivity contribution in [2.45, 2.75) is 38.2 Å². The fourth-order valence-electron chi connectivity index (χ4n) is 4.43. The molecule has 3 aromatic carbocycles. The number of carbonyl (C=O) groups excluding carboxylic acids is 1. The molecule has 0 radical (unpaired) electrons. The number of rotatable bonds is 7. The molecule has 1 saturated carbocycles. The first-order valence-electron chi connectivity index (χ1n) is 11.9. The highest BCUT2D eigenvalue weighted by atomic mass is 16.6. The second kappa shape index (κ2) is 9.34. The summed E-state index contributed by atoms with van der Waals surface area (Å²) in [6.45, 7) is 3.67. The lowest BCUT2D eigenvalue weighted by atomic mass is 9.93. The van der Waals surface area contributed by atoms with E-state index in [2.05, 4.69) is 15.5 Å². The summed E-state index contributed by atoms with van der Waals surface area (Å²) in [7, 11) is 0. The van der Waals surface area contributed by atoms with Crippen molar-refractivity contribution in [1.82, 2.24) is 10.2 Å². The van der Waals surface area contributed by atoms with Crippen LogP contribution in [-0.4, -0.2) is 27.4 Å². The number of H-pyrrole nitrogens is 1. The van der Waals surface area contributed by atoms with Crippen molar-refractivity contribution in [3.63, 3.8) is 0 Å². The van der Waals surface area contributed by atoms with E-state index in [0.29, 0.717) is 24.2 Å². The molecule has 182 valence electrons. The molecule has 4 aromatic rings. The number of amides is 1. The van der Waals surface area contributed by atoms with Crippen molar-refractivity contribution in [3.8, 4) is 22.4 Å². The smallest absolute Gasteiger partial charge is 0.412 e. The molecule has 0 spiro atoms. The van der Waals surface area contributed by atoms with E-state index in [-0.39, 0.29) is 0 Å². The fraction of sp³-hybridized carbons (Fsp3) is 0.207. The summed E-state index contributed by atoms with van der Waals surface area (Å²) in [5.41, 5.74) is 5.82. The molecule has 1 aliphatic carbocycles. The number of hydrogen-bond acceptors (Lipinski definition) is 4. The van der Waals surface area contributed by atoms with Gasteiger partial charge in [0.2, 0.25) is 0 Å². The van der Waals surface area contributed by atoms with Crippen LogP contribution in [0.4, 0.5) is 10.5 Å². The Balaban J connectivity index is 1.30. The Morgan fingerprint density at radius 3 is 2.11 bits per heavy atom. The molecule has 7 heteroatoms. The Morgan fingerprint density at radius 1 is 0.944 bits per heavy atom. The normalized spacial score (nSPS) is 14.6. The van der Waals surface area contributed by atoms with E-state index in [4.69, 9.17) is 4.74 Å². The maximum Gasteiger partial charge on any atom is 0.412 e. The number of carbonyl (C=O) groups is 2. The van der Waals surface area contributed by atoms with Crippen molar-refractivity contribution in [1.29, 1.82) is 0 Å². The average molecular weight is 482 g/mol. The van der Waals surface area contributed by atoms with Gasteiger partial charge in [0.25, 0.3) is 0 Å². The molecular weight excluding hydrogens is 454 g/mol. The molecule has 36 heavy (non-hydrogen) atoms. The topological polar surface area (TPSA) is 104 Å². The maximum atomic E-state index is 12.6. The zero-order valence-corrected chi connectivity index (χ0v) is 20.1. The number of aromatic amines is 1. The van der Waals surface area contributed by atoms with E-state index >= 15 is 0 Å². The van der Waals surface area contributed by atoms with Crippen LogP contribution < -0.4 is 5.32 Å². The SMILES string of the molecule is Cc1[nH]nc(-c2ccc(-c3ccc(C4(C(=O)O)CC4)cc3)cc2)c1NC(=O)OC(C)c1ccccc1. The molecule has 1 heterocycles. The third kappa shape index (κ3) is 4.47. The van der Waals surface area contributed by atoms with Gasteiger partial charge in [-0.2, -0.15) is 5.10 Å². The van der Waals surface area contributed by atoms with E-state index in [1.54, 1.807) is 0 Å². The first-order valence-corrected chi connectivity index (χ1v) is 11.9. The van der Waals surface area contributed by atoms with Crippen molar-refractivity contribution in [3.05, 3.63) is 95.7 Å². The summed E-state index contributed by atoms with van der Waals surface area (Å²) in [4.78, 5) is 24.2. The Bertz CT molecular complexity index is 1390. The number of nitrogens with one attached hydrogen (secondary N) is 2. The van der Waals surface area contributed by atoms with Gasteiger partial charge in [-0.1, -0.05) is 78.9 Å². The van der Waals surface area contributed by atoms with Gasteiger partial charge in [0.15, 0.2) is 0 Å². The summed E-state index contributed by atoms with van der Waals surface area (Å²) in [6.07, 6.45) is 0.435. The number of anilines is 1. The minimum atomic E-state index is -0.753. The minimum Gasteiger partial charge on any atom is -0.481 e. The second-order valence-corrected chi connectivity index (χ2v) is 9.20. The Hall–Kier alpha value is -4.39. The highest BCUT2D eigenvalue weighted by Crippen LogP contribution is 2.48. The molecule has 1 aliphatic rings.